The van der Waals surface area contributed by atoms with E-state index in [0.717, 1.165) is 37.4 Å². The SMILES string of the molecule is COC1CCN(c2cccc(CN)n2)CC1. The van der Waals surface area contributed by atoms with Gasteiger partial charge in [0.2, 0.25) is 0 Å². The standard InChI is InChI=1S/C12H19N3O/c1-16-11-5-7-15(8-6-11)12-4-2-3-10(9-13)14-12/h2-4,11H,5-9,13H2,1H3. The lowest BCUT2D eigenvalue weighted by atomic mass is 10.1. The number of hydrogen-bond acceptors (Lipinski definition) is 4. The molecule has 0 spiro atoms. The molecule has 1 aromatic rings. The third-order valence-corrected chi connectivity index (χ3v) is 3.10. The van der Waals surface area contributed by atoms with Crippen molar-refractivity contribution in [3.05, 3.63) is 23.9 Å². The lowest BCUT2D eigenvalue weighted by molar-refractivity contribution is 0.0818. The molecule has 0 bridgehead atoms. The van der Waals surface area contributed by atoms with Gasteiger partial charge in [-0.05, 0) is 25.0 Å². The Kier molecular flexibility index (Phi) is 3.74. The molecule has 2 rings (SSSR count). The molecule has 0 saturated carbocycles. The third-order valence-electron chi connectivity index (χ3n) is 3.10. The van der Waals surface area contributed by atoms with Crippen molar-refractivity contribution < 1.29 is 4.74 Å². The molecule has 1 aliphatic heterocycles. The average Bonchev–Trinajstić information content (AvgIpc) is 2.39. The number of pyridine rings is 1. The van der Waals surface area contributed by atoms with E-state index in [1.807, 2.05) is 18.2 Å². The number of aromatic nitrogens is 1. The second-order valence-electron chi connectivity index (χ2n) is 4.11. The molecule has 0 unspecified atom stereocenters. The number of methoxy groups -OCH3 is 1. The molecule has 2 heterocycles. The molecule has 1 fully saturated rings. The van der Waals surface area contributed by atoms with Crippen molar-refractivity contribution in [2.75, 3.05) is 25.1 Å². The molecular weight excluding hydrogens is 202 g/mol. The second-order valence-corrected chi connectivity index (χ2v) is 4.11. The van der Waals surface area contributed by atoms with E-state index in [4.69, 9.17) is 10.5 Å². The van der Waals surface area contributed by atoms with Gasteiger partial charge >= 0.3 is 0 Å². The topological polar surface area (TPSA) is 51.4 Å². The molecule has 0 aliphatic carbocycles. The van der Waals surface area contributed by atoms with Crippen LogP contribution in [-0.2, 0) is 11.3 Å². The first-order valence-electron chi connectivity index (χ1n) is 5.77. The highest BCUT2D eigenvalue weighted by Crippen LogP contribution is 2.19. The summed E-state index contributed by atoms with van der Waals surface area (Å²) in [6.45, 7) is 2.53. The van der Waals surface area contributed by atoms with Crippen LogP contribution in [0.25, 0.3) is 0 Å². The number of anilines is 1. The van der Waals surface area contributed by atoms with E-state index in [-0.39, 0.29) is 0 Å². The van der Waals surface area contributed by atoms with Gasteiger partial charge in [-0.25, -0.2) is 4.98 Å². The van der Waals surface area contributed by atoms with Gasteiger partial charge in [0.15, 0.2) is 0 Å². The molecule has 0 radical (unpaired) electrons. The van der Waals surface area contributed by atoms with Gasteiger partial charge < -0.3 is 15.4 Å². The van der Waals surface area contributed by atoms with E-state index in [2.05, 4.69) is 9.88 Å². The lowest BCUT2D eigenvalue weighted by Crippen LogP contribution is -2.37. The highest BCUT2D eigenvalue weighted by molar-refractivity contribution is 5.39. The minimum atomic E-state index is 0.411. The molecule has 1 saturated heterocycles. The van der Waals surface area contributed by atoms with Gasteiger partial charge in [0.25, 0.3) is 0 Å². The predicted molar refractivity (Wildman–Crippen MR) is 64.4 cm³/mol. The zero-order valence-corrected chi connectivity index (χ0v) is 9.72. The van der Waals surface area contributed by atoms with Crippen LogP contribution in [0.15, 0.2) is 18.2 Å². The van der Waals surface area contributed by atoms with Gasteiger partial charge in [0.05, 0.1) is 11.8 Å². The number of nitrogens with zero attached hydrogens (tertiary/aromatic N) is 2. The quantitative estimate of drug-likeness (QED) is 0.832. The van der Waals surface area contributed by atoms with Crippen LogP contribution in [0.1, 0.15) is 18.5 Å². The largest absolute Gasteiger partial charge is 0.381 e. The predicted octanol–water partition coefficient (Wildman–Crippen LogP) is 1.16. The van der Waals surface area contributed by atoms with E-state index in [9.17, 15) is 0 Å². The highest BCUT2D eigenvalue weighted by Gasteiger charge is 2.19. The van der Waals surface area contributed by atoms with Crippen molar-refractivity contribution in [1.29, 1.82) is 0 Å². The molecule has 0 aromatic carbocycles. The van der Waals surface area contributed by atoms with Crippen LogP contribution in [0.4, 0.5) is 5.82 Å². The van der Waals surface area contributed by atoms with Crippen LogP contribution in [-0.4, -0.2) is 31.3 Å². The van der Waals surface area contributed by atoms with E-state index >= 15 is 0 Å². The van der Waals surface area contributed by atoms with Gasteiger partial charge in [-0.2, -0.15) is 0 Å². The third kappa shape index (κ3) is 2.51. The van der Waals surface area contributed by atoms with E-state index in [1.165, 1.54) is 0 Å². The molecule has 2 N–H and O–H groups in total. The maximum atomic E-state index is 5.59. The van der Waals surface area contributed by atoms with Gasteiger partial charge in [0, 0.05) is 26.7 Å². The number of rotatable bonds is 3. The minimum Gasteiger partial charge on any atom is -0.381 e. The fourth-order valence-electron chi connectivity index (χ4n) is 2.08. The van der Waals surface area contributed by atoms with Crippen molar-refractivity contribution in [3.8, 4) is 0 Å². The number of nitrogens with two attached hydrogens (primary N) is 1. The fraction of sp³-hybridized carbons (Fsp3) is 0.583. The molecule has 16 heavy (non-hydrogen) atoms. The summed E-state index contributed by atoms with van der Waals surface area (Å²) in [4.78, 5) is 6.83. The van der Waals surface area contributed by atoms with Crippen LogP contribution in [0.3, 0.4) is 0 Å². The van der Waals surface area contributed by atoms with E-state index < -0.39 is 0 Å². The van der Waals surface area contributed by atoms with Gasteiger partial charge in [-0.1, -0.05) is 6.07 Å². The number of hydrogen-bond donors (Lipinski definition) is 1. The van der Waals surface area contributed by atoms with Gasteiger partial charge in [-0.15, -0.1) is 0 Å². The Bertz CT molecular complexity index is 335. The van der Waals surface area contributed by atoms with Crippen LogP contribution in [0.5, 0.6) is 0 Å². The summed E-state index contributed by atoms with van der Waals surface area (Å²) < 4.78 is 5.35. The Balaban J connectivity index is 2.02. The zero-order valence-electron chi connectivity index (χ0n) is 9.72. The Hall–Kier alpha value is -1.13. The first kappa shape index (κ1) is 11.4. The maximum Gasteiger partial charge on any atom is 0.128 e. The van der Waals surface area contributed by atoms with Crippen LogP contribution >= 0.6 is 0 Å². The minimum absolute atomic E-state index is 0.411. The highest BCUT2D eigenvalue weighted by atomic mass is 16.5. The van der Waals surface area contributed by atoms with Crippen LogP contribution < -0.4 is 10.6 Å². The van der Waals surface area contributed by atoms with Crippen molar-refractivity contribution in [1.82, 2.24) is 4.98 Å². The first-order chi connectivity index (χ1) is 7.83. The maximum absolute atomic E-state index is 5.59. The van der Waals surface area contributed by atoms with Crippen molar-refractivity contribution in [2.45, 2.75) is 25.5 Å². The molecule has 88 valence electrons. The summed E-state index contributed by atoms with van der Waals surface area (Å²) in [7, 11) is 1.79. The Labute approximate surface area is 96.4 Å². The summed E-state index contributed by atoms with van der Waals surface area (Å²) in [5, 5.41) is 0. The fourth-order valence-corrected chi connectivity index (χ4v) is 2.08. The molecular formula is C12H19N3O. The zero-order chi connectivity index (χ0) is 11.4. The van der Waals surface area contributed by atoms with Crippen LogP contribution in [0, 0.1) is 0 Å². The summed E-state index contributed by atoms with van der Waals surface area (Å²) in [5.41, 5.74) is 6.54. The van der Waals surface area contributed by atoms with Gasteiger partial charge in [-0.3, -0.25) is 0 Å². The summed E-state index contributed by atoms with van der Waals surface area (Å²) in [6.07, 6.45) is 2.56. The normalized spacial score (nSPS) is 17.8. The monoisotopic (exact) mass is 221 g/mol. The van der Waals surface area contributed by atoms with E-state index in [0.29, 0.717) is 12.6 Å². The Morgan fingerprint density at radius 3 is 2.81 bits per heavy atom. The van der Waals surface area contributed by atoms with Gasteiger partial charge in [0.1, 0.15) is 5.82 Å². The number of ether oxygens (including phenoxy) is 1. The molecule has 4 heteroatoms. The van der Waals surface area contributed by atoms with Crippen molar-refractivity contribution >= 4 is 5.82 Å². The van der Waals surface area contributed by atoms with Crippen LogP contribution in [0.2, 0.25) is 0 Å². The second kappa shape index (κ2) is 5.27. The van der Waals surface area contributed by atoms with Crippen molar-refractivity contribution in [2.24, 2.45) is 5.73 Å². The van der Waals surface area contributed by atoms with E-state index in [1.54, 1.807) is 7.11 Å². The first-order valence-corrected chi connectivity index (χ1v) is 5.77. The molecule has 1 aliphatic rings. The number of piperidine rings is 1. The van der Waals surface area contributed by atoms with Crippen molar-refractivity contribution in [3.63, 3.8) is 0 Å². The summed E-state index contributed by atoms with van der Waals surface area (Å²) in [5.74, 6) is 1.04. The average molecular weight is 221 g/mol. The lowest BCUT2D eigenvalue weighted by Gasteiger charge is -2.32. The molecule has 0 amide bonds. The molecule has 0 atom stereocenters. The molecule has 4 nitrogen and oxygen atoms in total. The summed E-state index contributed by atoms with van der Waals surface area (Å²) >= 11 is 0. The smallest absolute Gasteiger partial charge is 0.128 e. The molecule has 1 aromatic heterocycles. The Morgan fingerprint density at radius 1 is 1.44 bits per heavy atom. The summed E-state index contributed by atoms with van der Waals surface area (Å²) in [6, 6.07) is 6.03. The Morgan fingerprint density at radius 2 is 2.19 bits per heavy atom.